The average Bonchev–Trinajstić information content (AvgIpc) is 2.47. The van der Waals surface area contributed by atoms with Gasteiger partial charge in [0, 0.05) is 6.42 Å². The van der Waals surface area contributed by atoms with Gasteiger partial charge in [0.15, 0.2) is 0 Å². The number of carboxylic acids is 1. The lowest BCUT2D eigenvalue weighted by atomic mass is 10.0. The third-order valence-electron chi connectivity index (χ3n) is 3.31. The monoisotopic (exact) mass is 266 g/mol. The Kier molecular flexibility index (Phi) is 3.21. The second-order valence-corrected chi connectivity index (χ2v) is 4.66. The summed E-state index contributed by atoms with van der Waals surface area (Å²) in [6.07, 6.45) is 1.70. The molecule has 1 aliphatic heterocycles. The normalized spacial score (nSPS) is 13.3. The van der Waals surface area contributed by atoms with Crippen LogP contribution in [0.2, 0.25) is 0 Å². The molecular weight excluding hydrogens is 252 g/mol. The van der Waals surface area contributed by atoms with Gasteiger partial charge in [-0.1, -0.05) is 30.3 Å². The molecule has 0 aromatic heterocycles. The van der Waals surface area contributed by atoms with Gasteiger partial charge in [0.2, 0.25) is 0 Å². The summed E-state index contributed by atoms with van der Waals surface area (Å²) in [5.74, 6) is -0.137. The molecule has 20 heavy (non-hydrogen) atoms. The molecule has 4 nitrogen and oxygen atoms in total. The lowest BCUT2D eigenvalue weighted by Gasteiger charge is -2.17. The molecule has 0 atom stereocenters. The van der Waals surface area contributed by atoms with E-state index < -0.39 is 5.97 Å². The predicted octanol–water partition coefficient (Wildman–Crippen LogP) is 3.47. The molecule has 0 bridgehead atoms. The molecule has 1 aliphatic rings. The number of nitrogens with zero attached hydrogens (tertiary/aromatic N) is 1. The molecule has 2 aromatic rings. The summed E-state index contributed by atoms with van der Waals surface area (Å²) in [5, 5.41) is 12.3. The van der Waals surface area contributed by atoms with Crippen LogP contribution in [0.1, 0.15) is 22.3 Å². The molecular formula is C16H14N2O2. The van der Waals surface area contributed by atoms with E-state index in [0.29, 0.717) is 5.69 Å². The Balaban J connectivity index is 1.90. The van der Waals surface area contributed by atoms with E-state index in [4.69, 9.17) is 0 Å². The Morgan fingerprint density at radius 2 is 1.80 bits per heavy atom. The zero-order valence-corrected chi connectivity index (χ0v) is 10.8. The largest absolute Gasteiger partial charge is 0.478 e. The summed E-state index contributed by atoms with van der Waals surface area (Å²) in [5.41, 5.74) is 3.02. The maximum absolute atomic E-state index is 11.2. The van der Waals surface area contributed by atoms with Gasteiger partial charge in [-0.2, -0.15) is 0 Å². The van der Waals surface area contributed by atoms with Gasteiger partial charge in [0.05, 0.1) is 16.9 Å². The minimum Gasteiger partial charge on any atom is -0.478 e. The minimum absolute atomic E-state index is 0.258. The molecule has 4 heteroatoms. The Labute approximate surface area is 116 Å². The quantitative estimate of drug-likeness (QED) is 0.874. The highest BCUT2D eigenvalue weighted by atomic mass is 16.4. The van der Waals surface area contributed by atoms with E-state index >= 15 is 0 Å². The highest BCUT2D eigenvalue weighted by Crippen LogP contribution is 2.26. The topological polar surface area (TPSA) is 61.7 Å². The fraction of sp³-hybridized carbons (Fsp3) is 0.125. The summed E-state index contributed by atoms with van der Waals surface area (Å²) >= 11 is 0. The number of aryl methyl sites for hydroxylation is 1. The summed E-state index contributed by atoms with van der Waals surface area (Å²) in [4.78, 5) is 15.7. The van der Waals surface area contributed by atoms with E-state index in [1.54, 1.807) is 18.2 Å². The third-order valence-corrected chi connectivity index (χ3v) is 3.31. The summed E-state index contributed by atoms with van der Waals surface area (Å²) < 4.78 is 0. The van der Waals surface area contributed by atoms with Crippen LogP contribution in [-0.2, 0) is 6.42 Å². The molecule has 0 saturated heterocycles. The number of aromatic carboxylic acids is 1. The van der Waals surface area contributed by atoms with E-state index in [-0.39, 0.29) is 5.56 Å². The second-order valence-electron chi connectivity index (χ2n) is 4.66. The van der Waals surface area contributed by atoms with E-state index in [0.717, 1.165) is 24.4 Å². The van der Waals surface area contributed by atoms with Crippen LogP contribution in [0.3, 0.4) is 0 Å². The first-order valence-corrected chi connectivity index (χ1v) is 6.49. The molecule has 0 amide bonds. The summed E-state index contributed by atoms with van der Waals surface area (Å²) in [6.45, 7) is 0. The van der Waals surface area contributed by atoms with Crippen molar-refractivity contribution in [2.24, 2.45) is 4.99 Å². The molecule has 0 unspecified atom stereocenters. The molecule has 100 valence electrons. The van der Waals surface area contributed by atoms with Crippen LogP contribution in [0.15, 0.2) is 53.5 Å². The number of carboxylic acid groups (broad SMARTS) is 1. The fourth-order valence-corrected chi connectivity index (χ4v) is 2.31. The SMILES string of the molecule is O=C(O)c1ccccc1NC1=Nc2ccccc2CC1. The second kappa shape index (κ2) is 5.17. The number of hydrogen-bond acceptors (Lipinski definition) is 3. The lowest BCUT2D eigenvalue weighted by Crippen LogP contribution is -2.17. The average molecular weight is 266 g/mol. The van der Waals surface area contributed by atoms with Gasteiger partial charge in [0.1, 0.15) is 5.84 Å². The van der Waals surface area contributed by atoms with Crippen LogP contribution >= 0.6 is 0 Å². The number of rotatable bonds is 2. The van der Waals surface area contributed by atoms with Crippen molar-refractivity contribution in [2.75, 3.05) is 5.32 Å². The van der Waals surface area contributed by atoms with Gasteiger partial charge in [0.25, 0.3) is 0 Å². The van der Waals surface area contributed by atoms with Gasteiger partial charge >= 0.3 is 5.97 Å². The highest BCUT2D eigenvalue weighted by Gasteiger charge is 2.14. The number of aliphatic imine (C=N–C) groups is 1. The summed E-state index contributed by atoms with van der Waals surface area (Å²) in [6, 6.07) is 14.9. The first-order chi connectivity index (χ1) is 9.74. The van der Waals surface area contributed by atoms with Crippen molar-refractivity contribution in [1.82, 2.24) is 0 Å². The molecule has 0 radical (unpaired) electrons. The minimum atomic E-state index is -0.940. The van der Waals surface area contributed by atoms with Crippen molar-refractivity contribution in [3.05, 3.63) is 59.7 Å². The van der Waals surface area contributed by atoms with Gasteiger partial charge in [-0.25, -0.2) is 9.79 Å². The Bertz CT molecular complexity index is 692. The number of carbonyl (C=O) groups is 1. The van der Waals surface area contributed by atoms with Gasteiger partial charge in [-0.3, -0.25) is 0 Å². The Morgan fingerprint density at radius 1 is 1.05 bits per heavy atom. The van der Waals surface area contributed by atoms with E-state index in [1.807, 2.05) is 24.3 Å². The van der Waals surface area contributed by atoms with Crippen molar-refractivity contribution in [3.63, 3.8) is 0 Å². The lowest BCUT2D eigenvalue weighted by molar-refractivity contribution is 0.0698. The first kappa shape index (κ1) is 12.4. The number of amidine groups is 1. The van der Waals surface area contributed by atoms with Gasteiger partial charge in [-0.15, -0.1) is 0 Å². The molecule has 0 aliphatic carbocycles. The molecule has 1 heterocycles. The Morgan fingerprint density at radius 3 is 2.65 bits per heavy atom. The Hall–Kier alpha value is -2.62. The molecule has 0 saturated carbocycles. The number of para-hydroxylation sites is 2. The fourth-order valence-electron chi connectivity index (χ4n) is 2.31. The molecule has 3 rings (SSSR count). The maximum Gasteiger partial charge on any atom is 0.337 e. The predicted molar refractivity (Wildman–Crippen MR) is 78.9 cm³/mol. The standard InChI is InChI=1S/C16H14N2O2/c19-16(20)12-6-2-4-8-14(12)18-15-10-9-11-5-1-3-7-13(11)17-15/h1-8H,9-10H2,(H,17,18)(H,19,20). The zero-order chi connectivity index (χ0) is 13.9. The van der Waals surface area contributed by atoms with Gasteiger partial charge in [-0.05, 0) is 30.2 Å². The molecule has 2 aromatic carbocycles. The van der Waals surface area contributed by atoms with Crippen molar-refractivity contribution >= 4 is 23.2 Å². The number of fused-ring (bicyclic) bond motifs is 1. The highest BCUT2D eigenvalue weighted by molar-refractivity contribution is 6.03. The smallest absolute Gasteiger partial charge is 0.337 e. The van der Waals surface area contributed by atoms with Gasteiger partial charge < -0.3 is 10.4 Å². The third kappa shape index (κ3) is 2.40. The van der Waals surface area contributed by atoms with Crippen LogP contribution < -0.4 is 5.32 Å². The van der Waals surface area contributed by atoms with Crippen LogP contribution in [0.5, 0.6) is 0 Å². The number of benzene rings is 2. The maximum atomic E-state index is 11.2. The molecule has 0 spiro atoms. The van der Waals surface area contributed by atoms with Crippen LogP contribution in [0.25, 0.3) is 0 Å². The number of nitrogens with one attached hydrogen (secondary N) is 1. The summed E-state index contributed by atoms with van der Waals surface area (Å²) in [7, 11) is 0. The first-order valence-electron chi connectivity index (χ1n) is 6.49. The van der Waals surface area contributed by atoms with E-state index in [1.165, 1.54) is 5.56 Å². The van der Waals surface area contributed by atoms with Crippen molar-refractivity contribution in [3.8, 4) is 0 Å². The molecule has 0 fully saturated rings. The van der Waals surface area contributed by atoms with Crippen LogP contribution in [0.4, 0.5) is 11.4 Å². The zero-order valence-electron chi connectivity index (χ0n) is 10.8. The number of anilines is 1. The van der Waals surface area contributed by atoms with Crippen molar-refractivity contribution < 1.29 is 9.90 Å². The number of hydrogen-bond donors (Lipinski definition) is 2. The van der Waals surface area contributed by atoms with Crippen molar-refractivity contribution in [2.45, 2.75) is 12.8 Å². The van der Waals surface area contributed by atoms with E-state index in [2.05, 4.69) is 16.4 Å². The molecule has 2 N–H and O–H groups in total. The van der Waals surface area contributed by atoms with Crippen LogP contribution in [0, 0.1) is 0 Å². The van der Waals surface area contributed by atoms with Crippen LogP contribution in [-0.4, -0.2) is 16.9 Å². The van der Waals surface area contributed by atoms with E-state index in [9.17, 15) is 9.90 Å². The van der Waals surface area contributed by atoms with Crippen molar-refractivity contribution in [1.29, 1.82) is 0 Å².